The van der Waals surface area contributed by atoms with E-state index in [0.717, 1.165) is 28.8 Å². The second-order valence-corrected chi connectivity index (χ2v) is 5.58. The predicted octanol–water partition coefficient (Wildman–Crippen LogP) is 2.88. The topological polar surface area (TPSA) is 83.7 Å². The van der Waals surface area contributed by atoms with Gasteiger partial charge in [0.1, 0.15) is 22.9 Å². The second-order valence-electron chi connectivity index (χ2n) is 5.58. The van der Waals surface area contributed by atoms with Crippen molar-refractivity contribution < 1.29 is 13.9 Å². The number of aromatic amines is 2. The smallest absolute Gasteiger partial charge is 0.356 e. The van der Waals surface area contributed by atoms with Gasteiger partial charge in [-0.3, -0.25) is 10.2 Å². The number of hydrogen-bond acceptors (Lipinski definition) is 4. The molecule has 2 N–H and O–H groups in total. The fourth-order valence-corrected chi connectivity index (χ4v) is 3.07. The molecule has 0 fully saturated rings. The Balaban J connectivity index is 1.83. The van der Waals surface area contributed by atoms with E-state index in [1.54, 1.807) is 19.1 Å². The largest absolute Gasteiger partial charge is 0.461 e. The van der Waals surface area contributed by atoms with E-state index in [1.165, 1.54) is 12.1 Å². The summed E-state index contributed by atoms with van der Waals surface area (Å²) in [5.74, 6) is -0.699. The third kappa shape index (κ3) is 2.20. The Morgan fingerprint density at radius 1 is 1.17 bits per heavy atom. The van der Waals surface area contributed by atoms with Crippen molar-refractivity contribution in [1.29, 1.82) is 0 Å². The summed E-state index contributed by atoms with van der Waals surface area (Å²) in [5.41, 5.74) is 5.25. The Morgan fingerprint density at radius 2 is 1.92 bits per heavy atom. The van der Waals surface area contributed by atoms with Crippen LogP contribution in [0.15, 0.2) is 24.3 Å². The van der Waals surface area contributed by atoms with Crippen molar-refractivity contribution in [1.82, 2.24) is 20.4 Å². The SMILES string of the molecule is CCOC(=O)c1[nH]nc2c1CCc1[nH]nc(-c3ccc(F)cc3)c1-2. The summed E-state index contributed by atoms with van der Waals surface area (Å²) in [7, 11) is 0. The first kappa shape index (κ1) is 14.6. The van der Waals surface area contributed by atoms with Gasteiger partial charge < -0.3 is 4.74 Å². The Kier molecular flexibility index (Phi) is 3.41. The van der Waals surface area contributed by atoms with Crippen LogP contribution in [0.5, 0.6) is 0 Å². The quantitative estimate of drug-likeness (QED) is 0.725. The van der Waals surface area contributed by atoms with Crippen LogP contribution in [-0.2, 0) is 17.6 Å². The summed E-state index contributed by atoms with van der Waals surface area (Å²) >= 11 is 0. The molecule has 0 bridgehead atoms. The van der Waals surface area contributed by atoms with Gasteiger partial charge in [0.15, 0.2) is 0 Å². The number of carbonyl (C=O) groups excluding carboxylic acids is 1. The lowest BCUT2D eigenvalue weighted by Gasteiger charge is -2.12. The van der Waals surface area contributed by atoms with E-state index in [0.29, 0.717) is 30.1 Å². The molecule has 3 aromatic rings. The number of carbonyl (C=O) groups is 1. The standard InChI is InChI=1S/C17H15FN4O2/c1-2-24-17(23)16-11-7-8-12-13(15(11)21-22-16)14(20-19-12)9-3-5-10(18)6-4-9/h3-6H,2,7-8H2,1H3,(H,19,20)(H,21,22). The first-order chi connectivity index (χ1) is 11.7. The number of nitrogens with one attached hydrogen (secondary N) is 2. The second kappa shape index (κ2) is 5.59. The van der Waals surface area contributed by atoms with Crippen molar-refractivity contribution in [3.8, 4) is 22.5 Å². The van der Waals surface area contributed by atoms with Crippen molar-refractivity contribution in [2.24, 2.45) is 0 Å². The summed E-state index contributed by atoms with van der Waals surface area (Å²) in [5, 5.41) is 14.5. The molecule has 122 valence electrons. The zero-order chi connectivity index (χ0) is 16.7. The van der Waals surface area contributed by atoms with Crippen molar-refractivity contribution in [3.05, 3.63) is 47.0 Å². The van der Waals surface area contributed by atoms with E-state index in [9.17, 15) is 9.18 Å². The Morgan fingerprint density at radius 3 is 2.67 bits per heavy atom. The van der Waals surface area contributed by atoms with Gasteiger partial charge in [-0.2, -0.15) is 10.2 Å². The average Bonchev–Trinajstić information content (AvgIpc) is 3.19. The zero-order valence-corrected chi connectivity index (χ0v) is 13.0. The highest BCUT2D eigenvalue weighted by Crippen LogP contribution is 2.39. The average molecular weight is 326 g/mol. The molecule has 2 heterocycles. The molecule has 0 unspecified atom stereocenters. The zero-order valence-electron chi connectivity index (χ0n) is 13.0. The first-order valence-electron chi connectivity index (χ1n) is 7.77. The van der Waals surface area contributed by atoms with Crippen LogP contribution in [0.1, 0.15) is 28.7 Å². The minimum absolute atomic E-state index is 0.298. The maximum absolute atomic E-state index is 13.2. The number of ether oxygens (including phenoxy) is 1. The lowest BCUT2D eigenvalue weighted by molar-refractivity contribution is 0.0518. The third-order valence-corrected chi connectivity index (χ3v) is 4.17. The molecule has 1 aliphatic rings. The number of halogens is 1. The fourth-order valence-electron chi connectivity index (χ4n) is 3.07. The predicted molar refractivity (Wildman–Crippen MR) is 84.9 cm³/mol. The summed E-state index contributed by atoms with van der Waals surface area (Å²) in [4.78, 5) is 12.1. The summed E-state index contributed by atoms with van der Waals surface area (Å²) in [6.07, 6.45) is 1.40. The van der Waals surface area contributed by atoms with Gasteiger partial charge >= 0.3 is 5.97 Å². The number of hydrogen-bond donors (Lipinski definition) is 2. The van der Waals surface area contributed by atoms with Crippen LogP contribution in [0, 0.1) is 5.82 Å². The van der Waals surface area contributed by atoms with E-state index in [2.05, 4.69) is 20.4 Å². The maximum atomic E-state index is 13.2. The van der Waals surface area contributed by atoms with Crippen molar-refractivity contribution in [3.63, 3.8) is 0 Å². The summed E-state index contributed by atoms with van der Waals surface area (Å²) in [6.45, 7) is 2.08. The van der Waals surface area contributed by atoms with E-state index in [1.807, 2.05) is 0 Å². The number of nitrogens with zero attached hydrogens (tertiary/aromatic N) is 2. The van der Waals surface area contributed by atoms with Crippen LogP contribution in [0.25, 0.3) is 22.5 Å². The summed E-state index contributed by atoms with van der Waals surface area (Å²) < 4.78 is 18.2. The number of aryl methyl sites for hydroxylation is 1. The Hall–Kier alpha value is -2.96. The molecule has 0 aliphatic heterocycles. The highest BCUT2D eigenvalue weighted by atomic mass is 19.1. The number of fused-ring (bicyclic) bond motifs is 3. The van der Waals surface area contributed by atoms with Crippen molar-refractivity contribution in [2.45, 2.75) is 19.8 Å². The highest BCUT2D eigenvalue weighted by Gasteiger charge is 2.30. The number of aromatic nitrogens is 4. The number of esters is 1. The minimum atomic E-state index is -0.401. The van der Waals surface area contributed by atoms with E-state index >= 15 is 0 Å². The molecule has 0 atom stereocenters. The van der Waals surface area contributed by atoms with Crippen LogP contribution < -0.4 is 0 Å². The molecule has 0 radical (unpaired) electrons. The molecule has 1 aliphatic carbocycles. The maximum Gasteiger partial charge on any atom is 0.356 e. The highest BCUT2D eigenvalue weighted by molar-refractivity contribution is 5.93. The summed E-state index contributed by atoms with van der Waals surface area (Å²) in [6, 6.07) is 6.15. The van der Waals surface area contributed by atoms with Gasteiger partial charge in [0.2, 0.25) is 0 Å². The molecule has 1 aromatic carbocycles. The first-order valence-corrected chi connectivity index (χ1v) is 7.77. The fraction of sp³-hybridized carbons (Fsp3) is 0.235. The molecule has 0 amide bonds. The molecular formula is C17H15FN4O2. The third-order valence-electron chi connectivity index (χ3n) is 4.17. The molecule has 0 saturated heterocycles. The monoisotopic (exact) mass is 326 g/mol. The van der Waals surface area contributed by atoms with Crippen LogP contribution >= 0.6 is 0 Å². The number of H-pyrrole nitrogens is 2. The minimum Gasteiger partial charge on any atom is -0.461 e. The van der Waals surface area contributed by atoms with E-state index in [-0.39, 0.29) is 5.82 Å². The van der Waals surface area contributed by atoms with Crippen LogP contribution in [0.2, 0.25) is 0 Å². The van der Waals surface area contributed by atoms with E-state index < -0.39 is 5.97 Å². The molecule has 7 heteroatoms. The van der Waals surface area contributed by atoms with Crippen molar-refractivity contribution >= 4 is 5.97 Å². The van der Waals surface area contributed by atoms with Gasteiger partial charge in [-0.05, 0) is 44.0 Å². The Bertz CT molecular complexity index is 911. The van der Waals surface area contributed by atoms with Gasteiger partial charge in [-0.15, -0.1) is 0 Å². The van der Waals surface area contributed by atoms with Crippen LogP contribution in [0.3, 0.4) is 0 Å². The molecule has 4 rings (SSSR count). The molecular weight excluding hydrogens is 311 g/mol. The van der Waals surface area contributed by atoms with E-state index in [4.69, 9.17) is 4.74 Å². The van der Waals surface area contributed by atoms with Gasteiger partial charge in [-0.25, -0.2) is 9.18 Å². The molecule has 0 saturated carbocycles. The van der Waals surface area contributed by atoms with Crippen LogP contribution in [-0.4, -0.2) is 33.0 Å². The normalized spacial score (nSPS) is 12.6. The molecule has 2 aromatic heterocycles. The Labute approximate surface area is 137 Å². The lowest BCUT2D eigenvalue weighted by Crippen LogP contribution is -2.10. The lowest BCUT2D eigenvalue weighted by atomic mass is 9.90. The van der Waals surface area contributed by atoms with Gasteiger partial charge in [0.05, 0.1) is 12.2 Å². The van der Waals surface area contributed by atoms with Crippen LogP contribution in [0.4, 0.5) is 4.39 Å². The number of rotatable bonds is 3. The van der Waals surface area contributed by atoms with Gasteiger partial charge in [-0.1, -0.05) is 0 Å². The van der Waals surface area contributed by atoms with Gasteiger partial charge in [0, 0.05) is 16.8 Å². The van der Waals surface area contributed by atoms with Crippen molar-refractivity contribution in [2.75, 3.05) is 6.61 Å². The van der Waals surface area contributed by atoms with Gasteiger partial charge in [0.25, 0.3) is 0 Å². The molecule has 24 heavy (non-hydrogen) atoms. The number of benzene rings is 1. The molecule has 6 nitrogen and oxygen atoms in total. The molecule has 0 spiro atoms.